The van der Waals surface area contributed by atoms with Gasteiger partial charge in [-0.15, -0.1) is 6.58 Å². The number of allylic oxidation sites excluding steroid dienone is 1. The molecule has 0 atom stereocenters. The fourth-order valence-corrected chi connectivity index (χ4v) is 4.06. The second-order valence-corrected chi connectivity index (χ2v) is 8.63. The van der Waals surface area contributed by atoms with E-state index in [0.29, 0.717) is 28.5 Å². The van der Waals surface area contributed by atoms with Crippen LogP contribution < -0.4 is 14.8 Å². The van der Waals surface area contributed by atoms with Crippen LogP contribution in [0.25, 0.3) is 6.08 Å². The van der Waals surface area contributed by atoms with Crippen LogP contribution in [-0.2, 0) is 29.1 Å². The van der Waals surface area contributed by atoms with Crippen LogP contribution in [0, 0.1) is 0 Å². The van der Waals surface area contributed by atoms with Crippen molar-refractivity contribution in [3.05, 3.63) is 100 Å². The number of rotatable bonds is 10. The van der Waals surface area contributed by atoms with E-state index in [9.17, 15) is 14.4 Å². The van der Waals surface area contributed by atoms with Crippen LogP contribution in [0.5, 0.6) is 11.5 Å². The van der Waals surface area contributed by atoms with Gasteiger partial charge in [0.05, 0.1) is 20.8 Å². The maximum Gasteiger partial charge on any atom is 0.373 e. The Balaban J connectivity index is 1.57. The Bertz CT molecular complexity index is 1430. The lowest BCUT2D eigenvalue weighted by Crippen LogP contribution is -2.30. The zero-order chi connectivity index (χ0) is 27.2. The molecule has 3 amide bonds. The standard InChI is InChI=1S/C28H25ClN2O7/c1-4-7-18-12-17(14-24(35-2)25(18)37-16-19-8-5-6-9-21(19)29)13-22-26(32)31(28(34)30-22)15-20-10-11-23(38-20)27(33)36-3/h4-6,8-14H,1,7,15-16H2,2-3H3,(H,30,34)/b22-13-. The van der Waals surface area contributed by atoms with Crippen molar-refractivity contribution >= 4 is 35.6 Å². The smallest absolute Gasteiger partial charge is 0.373 e. The number of esters is 1. The molecule has 1 N–H and O–H groups in total. The molecular weight excluding hydrogens is 512 g/mol. The fraction of sp³-hybridized carbons (Fsp3) is 0.179. The maximum absolute atomic E-state index is 13.0. The van der Waals surface area contributed by atoms with Crippen molar-refractivity contribution in [1.29, 1.82) is 0 Å². The molecule has 1 aromatic heterocycles. The molecule has 0 radical (unpaired) electrons. The molecule has 196 valence electrons. The predicted molar refractivity (Wildman–Crippen MR) is 140 cm³/mol. The summed E-state index contributed by atoms with van der Waals surface area (Å²) >= 11 is 6.26. The lowest BCUT2D eigenvalue weighted by Gasteiger charge is -2.16. The summed E-state index contributed by atoms with van der Waals surface area (Å²) in [5.74, 6) is 0.000869. The third-order valence-electron chi connectivity index (χ3n) is 5.70. The molecule has 9 nitrogen and oxygen atoms in total. The van der Waals surface area contributed by atoms with Crippen molar-refractivity contribution in [3.8, 4) is 11.5 Å². The maximum atomic E-state index is 13.0. The minimum atomic E-state index is -0.655. The van der Waals surface area contributed by atoms with E-state index in [4.69, 9.17) is 25.5 Å². The molecule has 3 aromatic rings. The van der Waals surface area contributed by atoms with E-state index in [1.807, 2.05) is 24.3 Å². The second kappa shape index (κ2) is 11.7. The van der Waals surface area contributed by atoms with Gasteiger partial charge in [-0.2, -0.15) is 0 Å². The summed E-state index contributed by atoms with van der Waals surface area (Å²) in [6, 6.07) is 13.2. The quantitative estimate of drug-likeness (QED) is 0.166. The van der Waals surface area contributed by atoms with E-state index < -0.39 is 17.9 Å². The van der Waals surface area contributed by atoms with Gasteiger partial charge in [0.25, 0.3) is 5.91 Å². The molecule has 4 rings (SSSR count). The molecule has 1 fully saturated rings. The summed E-state index contributed by atoms with van der Waals surface area (Å²) in [4.78, 5) is 38.1. The number of carbonyl (C=O) groups excluding carboxylic acids is 3. The van der Waals surface area contributed by atoms with Crippen LogP contribution in [0.4, 0.5) is 4.79 Å². The Morgan fingerprint density at radius 3 is 2.63 bits per heavy atom. The molecule has 0 saturated carbocycles. The number of imide groups is 1. The highest BCUT2D eigenvalue weighted by Gasteiger charge is 2.34. The molecule has 1 aliphatic heterocycles. The van der Waals surface area contributed by atoms with Gasteiger partial charge in [0, 0.05) is 16.1 Å². The monoisotopic (exact) mass is 536 g/mol. The number of nitrogens with one attached hydrogen (secondary N) is 1. The van der Waals surface area contributed by atoms with Crippen LogP contribution in [0.2, 0.25) is 5.02 Å². The summed E-state index contributed by atoms with van der Waals surface area (Å²) in [5.41, 5.74) is 2.28. The number of hydrogen-bond acceptors (Lipinski definition) is 7. The van der Waals surface area contributed by atoms with E-state index in [-0.39, 0.29) is 30.4 Å². The molecule has 10 heteroatoms. The number of urea groups is 1. The van der Waals surface area contributed by atoms with Gasteiger partial charge in [0.15, 0.2) is 11.5 Å². The van der Waals surface area contributed by atoms with Crippen LogP contribution in [0.3, 0.4) is 0 Å². The van der Waals surface area contributed by atoms with E-state index in [0.717, 1.165) is 16.0 Å². The summed E-state index contributed by atoms with van der Waals surface area (Å²) in [6.45, 7) is 3.90. The van der Waals surface area contributed by atoms with Gasteiger partial charge in [0.1, 0.15) is 18.1 Å². The summed E-state index contributed by atoms with van der Waals surface area (Å²) < 4.78 is 21.7. The van der Waals surface area contributed by atoms with Gasteiger partial charge >= 0.3 is 12.0 Å². The average molecular weight is 537 g/mol. The van der Waals surface area contributed by atoms with Crippen LogP contribution in [-0.4, -0.2) is 37.0 Å². The van der Waals surface area contributed by atoms with Gasteiger partial charge in [-0.3, -0.25) is 9.69 Å². The highest BCUT2D eigenvalue weighted by Crippen LogP contribution is 2.35. The van der Waals surface area contributed by atoms with Crippen molar-refractivity contribution < 1.29 is 33.0 Å². The van der Waals surface area contributed by atoms with E-state index in [1.165, 1.54) is 26.4 Å². The number of ether oxygens (including phenoxy) is 3. The van der Waals surface area contributed by atoms with E-state index in [1.54, 1.807) is 24.3 Å². The van der Waals surface area contributed by atoms with Gasteiger partial charge in [-0.25, -0.2) is 9.59 Å². The number of furan rings is 1. The van der Waals surface area contributed by atoms with Crippen molar-refractivity contribution in [2.24, 2.45) is 0 Å². The minimum absolute atomic E-state index is 0.0241. The van der Waals surface area contributed by atoms with Crippen molar-refractivity contribution in [2.75, 3.05) is 14.2 Å². The number of halogens is 1. The Labute approximate surface area is 224 Å². The predicted octanol–water partition coefficient (Wildman–Crippen LogP) is 5.13. The summed E-state index contributed by atoms with van der Waals surface area (Å²) in [6.07, 6.45) is 3.75. The van der Waals surface area contributed by atoms with Crippen LogP contribution in [0.1, 0.15) is 33.0 Å². The van der Waals surface area contributed by atoms with Gasteiger partial charge in [0.2, 0.25) is 5.76 Å². The summed E-state index contributed by atoms with van der Waals surface area (Å²) in [7, 11) is 2.74. The Hall–Kier alpha value is -4.50. The van der Waals surface area contributed by atoms with Crippen LogP contribution >= 0.6 is 11.6 Å². The molecular formula is C28H25ClN2O7. The topological polar surface area (TPSA) is 107 Å². The minimum Gasteiger partial charge on any atom is -0.493 e. The number of nitrogens with zero attached hydrogens (tertiary/aromatic N) is 1. The van der Waals surface area contributed by atoms with Crippen molar-refractivity contribution in [1.82, 2.24) is 10.2 Å². The number of amides is 3. The van der Waals surface area contributed by atoms with Gasteiger partial charge < -0.3 is 23.9 Å². The zero-order valence-electron chi connectivity index (χ0n) is 20.8. The first-order valence-electron chi connectivity index (χ1n) is 11.5. The molecule has 2 heterocycles. The molecule has 0 bridgehead atoms. The largest absolute Gasteiger partial charge is 0.493 e. The first-order valence-corrected chi connectivity index (χ1v) is 11.9. The first-order chi connectivity index (χ1) is 18.3. The summed E-state index contributed by atoms with van der Waals surface area (Å²) in [5, 5.41) is 3.17. The third-order valence-corrected chi connectivity index (χ3v) is 6.07. The lowest BCUT2D eigenvalue weighted by molar-refractivity contribution is -0.123. The van der Waals surface area contributed by atoms with Gasteiger partial charge in [-0.05, 0) is 48.4 Å². The molecule has 0 aliphatic carbocycles. The normalized spacial score (nSPS) is 14.0. The van der Waals surface area contributed by atoms with Crippen LogP contribution in [0.15, 0.2) is 71.3 Å². The third kappa shape index (κ3) is 5.73. The number of methoxy groups -OCH3 is 2. The molecule has 2 aromatic carbocycles. The highest BCUT2D eigenvalue weighted by molar-refractivity contribution is 6.31. The Kier molecular flexibility index (Phi) is 8.18. The fourth-order valence-electron chi connectivity index (χ4n) is 3.87. The zero-order valence-corrected chi connectivity index (χ0v) is 21.5. The Morgan fingerprint density at radius 2 is 1.92 bits per heavy atom. The SMILES string of the molecule is C=CCc1cc(/C=C2\NC(=O)N(Cc3ccc(C(=O)OC)o3)C2=O)cc(OC)c1OCc1ccccc1Cl. The molecule has 38 heavy (non-hydrogen) atoms. The molecule has 1 aliphatic rings. The Morgan fingerprint density at radius 1 is 1.13 bits per heavy atom. The molecule has 0 unspecified atom stereocenters. The molecule has 1 saturated heterocycles. The van der Waals surface area contributed by atoms with Crippen molar-refractivity contribution in [3.63, 3.8) is 0 Å². The highest BCUT2D eigenvalue weighted by atomic mass is 35.5. The molecule has 0 spiro atoms. The first kappa shape index (κ1) is 26.6. The second-order valence-electron chi connectivity index (χ2n) is 8.22. The number of hydrogen-bond donors (Lipinski definition) is 1. The number of carbonyl (C=O) groups is 3. The van der Waals surface area contributed by atoms with E-state index >= 15 is 0 Å². The lowest BCUT2D eigenvalue weighted by atomic mass is 10.0. The number of benzene rings is 2. The van der Waals surface area contributed by atoms with Gasteiger partial charge in [-0.1, -0.05) is 35.9 Å². The van der Waals surface area contributed by atoms with Crippen molar-refractivity contribution in [2.45, 2.75) is 19.6 Å². The van der Waals surface area contributed by atoms with E-state index in [2.05, 4.69) is 16.6 Å². The average Bonchev–Trinajstić information content (AvgIpc) is 3.48.